The number of aliphatic hydroxyl groups is 1. The Morgan fingerprint density at radius 1 is 1.16 bits per heavy atom. The number of anilines is 3. The van der Waals surface area contributed by atoms with Crippen LogP contribution in [0.5, 0.6) is 0 Å². The molecule has 4 N–H and O–H groups in total. The summed E-state index contributed by atoms with van der Waals surface area (Å²) in [6.45, 7) is 10.8. The number of carbonyl (C=O) groups is 1. The molecule has 1 spiro atoms. The first-order valence-corrected chi connectivity index (χ1v) is 13.7. The van der Waals surface area contributed by atoms with E-state index in [9.17, 15) is 18.7 Å². The third-order valence-corrected chi connectivity index (χ3v) is 7.99. The van der Waals surface area contributed by atoms with E-state index < -0.39 is 17.4 Å². The number of rotatable bonds is 8. The van der Waals surface area contributed by atoms with Crippen LogP contribution in [0.2, 0.25) is 0 Å². The van der Waals surface area contributed by atoms with Crippen molar-refractivity contribution in [2.75, 3.05) is 35.2 Å². The molecule has 0 atom stereocenters. The zero-order chi connectivity index (χ0) is 27.8. The Morgan fingerprint density at radius 3 is 2.45 bits per heavy atom. The predicted molar refractivity (Wildman–Crippen MR) is 148 cm³/mol. The fourth-order valence-electron chi connectivity index (χ4n) is 4.84. The van der Waals surface area contributed by atoms with Crippen molar-refractivity contribution in [2.24, 2.45) is 5.41 Å². The average Bonchev–Trinajstić information content (AvgIpc) is 2.81. The smallest absolute Gasteiger partial charge is 0.278 e. The van der Waals surface area contributed by atoms with Gasteiger partial charge in [-0.2, -0.15) is 0 Å². The summed E-state index contributed by atoms with van der Waals surface area (Å²) in [5, 5.41) is 15.8. The van der Waals surface area contributed by atoms with Crippen molar-refractivity contribution < 1.29 is 18.7 Å². The van der Waals surface area contributed by atoms with E-state index in [0.29, 0.717) is 43.3 Å². The molecule has 1 aliphatic carbocycles. The molecule has 11 heteroatoms. The molecule has 4 rings (SSSR count). The highest BCUT2D eigenvalue weighted by molar-refractivity contribution is 7.97. The number of piperidine rings is 1. The molecular formula is C27H38F2N6O2S. The van der Waals surface area contributed by atoms with Gasteiger partial charge in [-0.15, -0.1) is 0 Å². The van der Waals surface area contributed by atoms with Gasteiger partial charge in [-0.1, -0.05) is 6.07 Å². The molecule has 1 amide bonds. The molecule has 1 aliphatic heterocycles. The van der Waals surface area contributed by atoms with E-state index in [2.05, 4.69) is 41.1 Å². The lowest BCUT2D eigenvalue weighted by atomic mass is 9.61. The predicted octanol–water partition coefficient (Wildman–Crippen LogP) is 5.32. The molecule has 1 aromatic heterocycles. The number of halogens is 2. The summed E-state index contributed by atoms with van der Waals surface area (Å²) in [4.78, 5) is 25.5. The van der Waals surface area contributed by atoms with Crippen molar-refractivity contribution in [2.45, 2.75) is 82.2 Å². The van der Waals surface area contributed by atoms with Crippen molar-refractivity contribution in [3.8, 4) is 0 Å². The summed E-state index contributed by atoms with van der Waals surface area (Å²) < 4.78 is 30.6. The summed E-state index contributed by atoms with van der Waals surface area (Å²) >= 11 is 1.49. The topological polar surface area (TPSA) is 102 Å². The Hall–Kier alpha value is -2.50. The molecule has 2 aliphatic rings. The molecule has 2 aromatic rings. The first-order valence-electron chi connectivity index (χ1n) is 12.9. The van der Waals surface area contributed by atoms with Gasteiger partial charge in [0.1, 0.15) is 5.82 Å². The lowest BCUT2D eigenvalue weighted by Gasteiger charge is -2.52. The van der Waals surface area contributed by atoms with Crippen LogP contribution in [0.25, 0.3) is 0 Å². The van der Waals surface area contributed by atoms with E-state index in [4.69, 9.17) is 4.98 Å². The molecule has 8 nitrogen and oxygen atoms in total. The molecular weight excluding hydrogens is 510 g/mol. The standard InChI is InChI=1S/C27H38F2N6O2S/c1-24(2,3)34-38-19-8-6-7-18(13-19)31-23(37)21-22(32-20(14-30-21)33-25(4,5)17-36)35-11-9-26(10-12-35)15-27(28,29)16-26/h6-8,13-14,34,36H,9-12,15-17H2,1-5H3,(H,31,37)(H,32,33). The maximum absolute atomic E-state index is 13.6. The van der Waals surface area contributed by atoms with Crippen LogP contribution in [0, 0.1) is 5.41 Å². The largest absolute Gasteiger partial charge is 0.394 e. The Balaban J connectivity index is 1.54. The van der Waals surface area contributed by atoms with Gasteiger partial charge in [0.05, 0.1) is 18.3 Å². The summed E-state index contributed by atoms with van der Waals surface area (Å²) in [5.74, 6) is -2.14. The van der Waals surface area contributed by atoms with Gasteiger partial charge < -0.3 is 20.6 Å². The maximum atomic E-state index is 13.6. The van der Waals surface area contributed by atoms with E-state index in [0.717, 1.165) is 4.90 Å². The summed E-state index contributed by atoms with van der Waals surface area (Å²) in [6.07, 6.45) is 2.57. The molecule has 1 saturated carbocycles. The van der Waals surface area contributed by atoms with Crippen LogP contribution in [0.15, 0.2) is 35.4 Å². The summed E-state index contributed by atoms with van der Waals surface area (Å²) in [5.41, 5.74) is -0.251. The van der Waals surface area contributed by atoms with Gasteiger partial charge in [-0.05, 0) is 83.0 Å². The fraction of sp³-hybridized carbons (Fsp3) is 0.593. The molecule has 2 heterocycles. The van der Waals surface area contributed by atoms with E-state index >= 15 is 0 Å². The summed E-state index contributed by atoms with van der Waals surface area (Å²) in [7, 11) is 0. The van der Waals surface area contributed by atoms with E-state index in [1.165, 1.54) is 18.1 Å². The van der Waals surface area contributed by atoms with Crippen LogP contribution in [-0.4, -0.2) is 57.7 Å². The number of amides is 1. The second-order valence-electron chi connectivity index (χ2n) is 12.2. The molecule has 0 bridgehead atoms. The van der Waals surface area contributed by atoms with Crippen LogP contribution in [0.3, 0.4) is 0 Å². The fourth-order valence-corrected chi connectivity index (χ4v) is 5.59. The third kappa shape index (κ3) is 7.12. The van der Waals surface area contributed by atoms with Gasteiger partial charge in [0, 0.05) is 42.1 Å². The Kier molecular flexibility index (Phi) is 7.94. The molecule has 0 unspecified atom stereocenters. The third-order valence-electron chi connectivity index (χ3n) is 6.79. The number of nitrogens with zero attached hydrogens (tertiary/aromatic N) is 3. The van der Waals surface area contributed by atoms with Crippen LogP contribution >= 0.6 is 11.9 Å². The zero-order valence-electron chi connectivity index (χ0n) is 22.7. The monoisotopic (exact) mass is 548 g/mol. The summed E-state index contributed by atoms with van der Waals surface area (Å²) in [6, 6.07) is 7.53. The Bertz CT molecular complexity index is 1150. The number of aromatic nitrogens is 2. The first kappa shape index (κ1) is 28.5. The van der Waals surface area contributed by atoms with Crippen molar-refractivity contribution in [3.05, 3.63) is 36.2 Å². The molecule has 2 fully saturated rings. The molecule has 38 heavy (non-hydrogen) atoms. The SMILES string of the molecule is CC(C)(C)NSc1cccc(NC(=O)c2ncc(NC(C)(C)CO)nc2N2CCC3(CC2)CC(F)(F)C3)c1. The second kappa shape index (κ2) is 10.6. The van der Waals surface area contributed by atoms with E-state index in [1.54, 1.807) is 0 Å². The number of hydrogen-bond donors (Lipinski definition) is 4. The highest BCUT2D eigenvalue weighted by Gasteiger charge is 2.56. The highest BCUT2D eigenvalue weighted by Crippen LogP contribution is 2.57. The number of carbonyl (C=O) groups excluding carboxylic acids is 1. The minimum Gasteiger partial charge on any atom is -0.394 e. The van der Waals surface area contributed by atoms with Crippen LogP contribution in [0.1, 0.15) is 70.8 Å². The van der Waals surface area contributed by atoms with E-state index in [-0.39, 0.29) is 36.1 Å². The van der Waals surface area contributed by atoms with Crippen LogP contribution < -0.4 is 20.3 Å². The van der Waals surface area contributed by atoms with Gasteiger partial charge in [0.15, 0.2) is 11.5 Å². The van der Waals surface area contributed by atoms with E-state index in [1.807, 2.05) is 43.0 Å². The molecule has 208 valence electrons. The quantitative estimate of drug-likeness (QED) is 0.329. The van der Waals surface area contributed by atoms with Gasteiger partial charge in [0.25, 0.3) is 5.91 Å². The van der Waals surface area contributed by atoms with Crippen molar-refractivity contribution in [3.63, 3.8) is 0 Å². The Labute approximate surface area is 227 Å². The lowest BCUT2D eigenvalue weighted by molar-refractivity contribution is -0.168. The lowest BCUT2D eigenvalue weighted by Crippen LogP contribution is -2.52. The number of benzene rings is 1. The molecule has 0 radical (unpaired) electrons. The zero-order valence-corrected chi connectivity index (χ0v) is 23.5. The van der Waals surface area contributed by atoms with Gasteiger partial charge in [-0.25, -0.2) is 18.7 Å². The van der Waals surface area contributed by atoms with Gasteiger partial charge in [-0.3, -0.25) is 9.52 Å². The molecule has 1 aromatic carbocycles. The van der Waals surface area contributed by atoms with Crippen molar-refractivity contribution >= 4 is 35.2 Å². The first-order chi connectivity index (χ1) is 17.7. The second-order valence-corrected chi connectivity index (χ2v) is 13.1. The average molecular weight is 549 g/mol. The number of nitrogens with one attached hydrogen (secondary N) is 3. The Morgan fingerprint density at radius 2 is 1.84 bits per heavy atom. The van der Waals surface area contributed by atoms with Gasteiger partial charge in [0.2, 0.25) is 5.92 Å². The molecule has 1 saturated heterocycles. The normalized spacial score (nSPS) is 18.7. The minimum absolute atomic E-state index is 0.0719. The van der Waals surface area contributed by atoms with Crippen LogP contribution in [0.4, 0.5) is 26.1 Å². The maximum Gasteiger partial charge on any atom is 0.278 e. The minimum atomic E-state index is -2.57. The van der Waals surface area contributed by atoms with Crippen molar-refractivity contribution in [1.82, 2.24) is 14.7 Å². The van der Waals surface area contributed by atoms with Crippen LogP contribution in [-0.2, 0) is 0 Å². The number of hydrogen-bond acceptors (Lipinski definition) is 8. The highest BCUT2D eigenvalue weighted by atomic mass is 32.2. The number of aliphatic hydroxyl groups excluding tert-OH is 1. The number of alkyl halides is 2. The van der Waals surface area contributed by atoms with Gasteiger partial charge >= 0.3 is 0 Å². The van der Waals surface area contributed by atoms with Crippen molar-refractivity contribution in [1.29, 1.82) is 0 Å².